The molecule has 0 bridgehead atoms. The monoisotopic (exact) mass is 326 g/mol. The van der Waals surface area contributed by atoms with Crippen LogP contribution in [-0.4, -0.2) is 38.9 Å². The number of carboxylic acids is 1. The number of amides is 2. The SMILES string of the molecule is Cc1ccn(C(CN2C(=O)c3ccccc3C2=O)C(=O)O)c(=O)c1. The van der Waals surface area contributed by atoms with Gasteiger partial charge in [-0.15, -0.1) is 0 Å². The number of aliphatic carboxylic acids is 1. The standard InChI is InChI=1S/C17H14N2O5/c1-10-6-7-18(14(20)8-10)13(17(23)24)9-19-15(21)11-4-2-3-5-12(11)16(19)22/h2-8,13H,9H2,1H3,(H,23,24). The molecule has 2 heterocycles. The lowest BCUT2D eigenvalue weighted by atomic mass is 10.1. The number of hydrogen-bond donors (Lipinski definition) is 1. The summed E-state index contributed by atoms with van der Waals surface area (Å²) in [5.74, 6) is -2.40. The second kappa shape index (κ2) is 5.77. The molecule has 0 spiro atoms. The number of fused-ring (bicyclic) bond motifs is 1. The Bertz CT molecular complexity index is 880. The number of carboxylic acid groups (broad SMARTS) is 1. The van der Waals surface area contributed by atoms with Gasteiger partial charge in [0.05, 0.1) is 17.7 Å². The molecule has 1 aliphatic heterocycles. The number of imide groups is 1. The van der Waals surface area contributed by atoms with E-state index in [0.29, 0.717) is 5.56 Å². The molecule has 2 amide bonds. The third-order valence-corrected chi connectivity index (χ3v) is 3.96. The maximum Gasteiger partial charge on any atom is 0.328 e. The summed E-state index contributed by atoms with van der Waals surface area (Å²) in [6.07, 6.45) is 1.36. The van der Waals surface area contributed by atoms with Crippen LogP contribution in [0, 0.1) is 6.92 Å². The summed E-state index contributed by atoms with van der Waals surface area (Å²) < 4.78 is 1.01. The van der Waals surface area contributed by atoms with Gasteiger partial charge in [0.25, 0.3) is 17.4 Å². The Morgan fingerprint density at radius 3 is 2.17 bits per heavy atom. The van der Waals surface area contributed by atoms with Gasteiger partial charge in [0.15, 0.2) is 6.04 Å². The van der Waals surface area contributed by atoms with Gasteiger partial charge in [0, 0.05) is 12.3 Å². The van der Waals surface area contributed by atoms with Crippen molar-refractivity contribution in [1.82, 2.24) is 9.47 Å². The number of nitrogens with zero attached hydrogens (tertiary/aromatic N) is 2. The topological polar surface area (TPSA) is 96.7 Å². The van der Waals surface area contributed by atoms with Crippen molar-refractivity contribution in [2.24, 2.45) is 0 Å². The molecule has 3 rings (SSSR count). The van der Waals surface area contributed by atoms with Gasteiger partial charge >= 0.3 is 5.97 Å². The Morgan fingerprint density at radius 2 is 1.67 bits per heavy atom. The third-order valence-electron chi connectivity index (χ3n) is 3.96. The number of aromatic nitrogens is 1. The minimum absolute atomic E-state index is 0.239. The molecule has 2 aromatic rings. The number of aryl methyl sites for hydroxylation is 1. The zero-order valence-electron chi connectivity index (χ0n) is 12.8. The lowest BCUT2D eigenvalue weighted by Gasteiger charge is -2.21. The van der Waals surface area contributed by atoms with Gasteiger partial charge in [-0.3, -0.25) is 23.9 Å². The smallest absolute Gasteiger partial charge is 0.328 e. The van der Waals surface area contributed by atoms with E-state index in [4.69, 9.17) is 0 Å². The van der Waals surface area contributed by atoms with E-state index in [1.54, 1.807) is 25.1 Å². The van der Waals surface area contributed by atoms with E-state index in [2.05, 4.69) is 0 Å². The zero-order valence-corrected chi connectivity index (χ0v) is 12.8. The van der Waals surface area contributed by atoms with E-state index in [1.807, 2.05) is 0 Å². The fraction of sp³-hybridized carbons (Fsp3) is 0.176. The van der Waals surface area contributed by atoms with Gasteiger partial charge in [0.2, 0.25) is 0 Å². The first-order valence-corrected chi connectivity index (χ1v) is 7.27. The zero-order chi connectivity index (χ0) is 17.4. The molecule has 1 unspecified atom stereocenters. The first kappa shape index (κ1) is 15.7. The summed E-state index contributed by atoms with van der Waals surface area (Å²) in [4.78, 5) is 49.2. The molecule has 7 heteroatoms. The summed E-state index contributed by atoms with van der Waals surface area (Å²) in [5.41, 5.74) is 0.672. The lowest BCUT2D eigenvalue weighted by Crippen LogP contribution is -2.41. The summed E-state index contributed by atoms with van der Waals surface area (Å²) in [7, 11) is 0. The Labute approximate surface area is 136 Å². The molecule has 0 saturated heterocycles. The molecule has 1 atom stereocenters. The van der Waals surface area contributed by atoms with E-state index in [-0.39, 0.29) is 11.1 Å². The normalized spacial score (nSPS) is 14.6. The van der Waals surface area contributed by atoms with E-state index in [1.165, 1.54) is 24.4 Å². The average molecular weight is 326 g/mol. The molecular formula is C17H14N2O5. The van der Waals surface area contributed by atoms with Crippen molar-refractivity contribution in [1.29, 1.82) is 0 Å². The second-order valence-corrected chi connectivity index (χ2v) is 5.57. The van der Waals surface area contributed by atoms with Gasteiger partial charge in [0.1, 0.15) is 0 Å². The summed E-state index contributed by atoms with van der Waals surface area (Å²) in [5, 5.41) is 9.46. The van der Waals surface area contributed by atoms with Crippen molar-refractivity contribution in [2.75, 3.05) is 6.54 Å². The first-order valence-electron chi connectivity index (χ1n) is 7.27. The first-order chi connectivity index (χ1) is 11.4. The maximum atomic E-state index is 12.4. The molecule has 0 aliphatic carbocycles. The highest BCUT2D eigenvalue weighted by atomic mass is 16.4. The Balaban J connectivity index is 1.96. The molecular weight excluding hydrogens is 312 g/mol. The summed E-state index contributed by atoms with van der Waals surface area (Å²) in [6, 6.07) is 7.85. The van der Waals surface area contributed by atoms with Crippen molar-refractivity contribution in [2.45, 2.75) is 13.0 Å². The quantitative estimate of drug-likeness (QED) is 0.848. The fourth-order valence-corrected chi connectivity index (χ4v) is 2.71. The van der Waals surface area contributed by atoms with Crippen LogP contribution in [0.2, 0.25) is 0 Å². The molecule has 7 nitrogen and oxygen atoms in total. The second-order valence-electron chi connectivity index (χ2n) is 5.57. The van der Waals surface area contributed by atoms with Gasteiger partial charge in [-0.25, -0.2) is 4.79 Å². The molecule has 1 aliphatic rings. The van der Waals surface area contributed by atoms with Gasteiger partial charge in [-0.05, 0) is 30.7 Å². The molecule has 1 N–H and O–H groups in total. The maximum absolute atomic E-state index is 12.4. The molecule has 0 fully saturated rings. The van der Waals surface area contributed by atoms with Crippen LogP contribution >= 0.6 is 0 Å². The van der Waals surface area contributed by atoms with Gasteiger partial charge in [-0.1, -0.05) is 12.1 Å². The van der Waals surface area contributed by atoms with Crippen LogP contribution in [0.5, 0.6) is 0 Å². The highest BCUT2D eigenvalue weighted by Crippen LogP contribution is 2.24. The van der Waals surface area contributed by atoms with E-state index in [9.17, 15) is 24.3 Å². The average Bonchev–Trinajstić information content (AvgIpc) is 2.78. The van der Waals surface area contributed by atoms with Crippen LogP contribution in [-0.2, 0) is 4.79 Å². The minimum Gasteiger partial charge on any atom is -0.480 e. The Kier molecular flexibility index (Phi) is 3.76. The number of carbonyl (C=O) groups excluding carboxylic acids is 2. The molecule has 1 aromatic heterocycles. The molecule has 1 aromatic carbocycles. The van der Waals surface area contributed by atoms with Crippen LogP contribution in [0.3, 0.4) is 0 Å². The molecule has 122 valence electrons. The van der Waals surface area contributed by atoms with E-state index < -0.39 is 35.9 Å². The van der Waals surface area contributed by atoms with Gasteiger partial charge in [-0.2, -0.15) is 0 Å². The van der Waals surface area contributed by atoms with Crippen molar-refractivity contribution in [3.8, 4) is 0 Å². The number of benzene rings is 1. The van der Waals surface area contributed by atoms with E-state index >= 15 is 0 Å². The van der Waals surface area contributed by atoms with Gasteiger partial charge < -0.3 is 5.11 Å². The predicted octanol–water partition coefficient (Wildman–Crippen LogP) is 1.08. The highest BCUT2D eigenvalue weighted by Gasteiger charge is 2.38. The molecule has 24 heavy (non-hydrogen) atoms. The highest BCUT2D eigenvalue weighted by molar-refractivity contribution is 6.21. The third kappa shape index (κ3) is 2.50. The Morgan fingerprint density at radius 1 is 1.08 bits per heavy atom. The van der Waals surface area contributed by atoms with Crippen molar-refractivity contribution in [3.63, 3.8) is 0 Å². The fourth-order valence-electron chi connectivity index (χ4n) is 2.71. The van der Waals surface area contributed by atoms with Crippen molar-refractivity contribution >= 4 is 17.8 Å². The van der Waals surface area contributed by atoms with E-state index in [0.717, 1.165) is 9.47 Å². The molecule has 0 saturated carbocycles. The van der Waals surface area contributed by atoms with Crippen molar-refractivity contribution < 1.29 is 19.5 Å². The largest absolute Gasteiger partial charge is 0.480 e. The van der Waals surface area contributed by atoms with Crippen LogP contribution in [0.4, 0.5) is 0 Å². The lowest BCUT2D eigenvalue weighted by molar-refractivity contribution is -0.141. The van der Waals surface area contributed by atoms with Crippen LogP contribution in [0.1, 0.15) is 32.3 Å². The number of carbonyl (C=O) groups is 3. The van der Waals surface area contributed by atoms with Crippen LogP contribution < -0.4 is 5.56 Å². The number of rotatable bonds is 4. The Hall–Kier alpha value is -3.22. The number of hydrogen-bond acceptors (Lipinski definition) is 4. The van der Waals surface area contributed by atoms with Crippen molar-refractivity contribution in [3.05, 3.63) is 69.6 Å². The summed E-state index contributed by atoms with van der Waals surface area (Å²) >= 11 is 0. The summed E-state index contributed by atoms with van der Waals surface area (Å²) in [6.45, 7) is 1.30. The predicted molar refractivity (Wildman–Crippen MR) is 83.9 cm³/mol. The van der Waals surface area contributed by atoms with Crippen LogP contribution in [0.25, 0.3) is 0 Å². The minimum atomic E-state index is -1.35. The number of pyridine rings is 1. The van der Waals surface area contributed by atoms with Crippen LogP contribution in [0.15, 0.2) is 47.4 Å². The molecule has 0 radical (unpaired) electrons.